The molecule has 4 rings (SSSR count). The summed E-state index contributed by atoms with van der Waals surface area (Å²) in [5, 5.41) is 6.14. The van der Waals surface area contributed by atoms with E-state index >= 15 is 4.39 Å². The fraction of sp³-hybridized carbons (Fsp3) is 0.115. The molecule has 0 saturated heterocycles. The number of nitrogens with two attached hydrogens (primary N) is 2. The first-order valence-corrected chi connectivity index (χ1v) is 10.9. The van der Waals surface area contributed by atoms with Crippen LogP contribution in [0.5, 0.6) is 5.88 Å². The minimum atomic E-state index is -0.827. The molecule has 0 unspecified atom stereocenters. The van der Waals surface area contributed by atoms with E-state index in [1.165, 1.54) is 13.3 Å². The zero-order valence-electron chi connectivity index (χ0n) is 19.0. The number of carbonyl (C=O) groups is 1. The number of halogens is 1. The Hall–Kier alpha value is -4.50. The van der Waals surface area contributed by atoms with Gasteiger partial charge in [0.1, 0.15) is 5.82 Å². The van der Waals surface area contributed by atoms with Crippen LogP contribution in [0.4, 0.5) is 21.7 Å². The molecule has 2 aromatic carbocycles. The number of benzene rings is 2. The lowest BCUT2D eigenvalue weighted by Gasteiger charge is -2.27. The van der Waals surface area contributed by atoms with Crippen molar-refractivity contribution in [1.29, 1.82) is 0 Å². The molecule has 6 N–H and O–H groups in total. The number of ether oxygens (including phenoxy) is 1. The number of methoxy groups -OCH3 is 1. The van der Waals surface area contributed by atoms with Crippen LogP contribution >= 0.6 is 0 Å². The summed E-state index contributed by atoms with van der Waals surface area (Å²) in [5.74, 6) is -1.22. The van der Waals surface area contributed by atoms with Crippen LogP contribution < -0.4 is 26.8 Å². The molecular weight excluding hydrogens is 447 g/mol. The predicted molar refractivity (Wildman–Crippen MR) is 133 cm³/mol. The van der Waals surface area contributed by atoms with Gasteiger partial charge in [-0.15, -0.1) is 0 Å². The van der Waals surface area contributed by atoms with E-state index < -0.39 is 23.8 Å². The topological polar surface area (TPSA) is 128 Å². The largest absolute Gasteiger partial charge is 0.481 e. The van der Waals surface area contributed by atoms with Crippen LogP contribution in [0, 0.1) is 5.82 Å². The van der Waals surface area contributed by atoms with Crippen molar-refractivity contribution in [1.82, 2.24) is 9.97 Å². The molecular formula is C26H25FN6O2. The predicted octanol–water partition coefficient (Wildman–Crippen LogP) is 4.32. The molecule has 0 aliphatic heterocycles. The third kappa shape index (κ3) is 5.53. The van der Waals surface area contributed by atoms with Crippen molar-refractivity contribution < 1.29 is 13.9 Å². The van der Waals surface area contributed by atoms with Crippen LogP contribution in [-0.4, -0.2) is 23.0 Å². The number of carbonyl (C=O) groups excluding carboxylic acids is 1. The number of hydrogen-bond acceptors (Lipinski definition) is 7. The fourth-order valence-electron chi connectivity index (χ4n) is 3.66. The highest BCUT2D eigenvalue weighted by molar-refractivity contribution is 5.98. The second kappa shape index (κ2) is 10.6. The van der Waals surface area contributed by atoms with Crippen LogP contribution in [0.15, 0.2) is 85.1 Å². The highest BCUT2D eigenvalue weighted by Gasteiger charge is 2.25. The van der Waals surface area contributed by atoms with Crippen molar-refractivity contribution in [2.75, 3.05) is 17.7 Å². The lowest BCUT2D eigenvalue weighted by Crippen LogP contribution is -2.27. The van der Waals surface area contributed by atoms with Crippen molar-refractivity contribution in [2.45, 2.75) is 12.1 Å². The highest BCUT2D eigenvalue weighted by atomic mass is 19.1. The van der Waals surface area contributed by atoms with Crippen LogP contribution in [0.2, 0.25) is 0 Å². The van der Waals surface area contributed by atoms with Crippen molar-refractivity contribution in [2.24, 2.45) is 11.5 Å². The molecule has 0 fully saturated rings. The summed E-state index contributed by atoms with van der Waals surface area (Å²) in [6.45, 7) is 0. The lowest BCUT2D eigenvalue weighted by atomic mass is 9.94. The average molecular weight is 473 g/mol. The van der Waals surface area contributed by atoms with E-state index in [-0.39, 0.29) is 17.2 Å². The molecule has 2 aromatic heterocycles. The molecule has 0 saturated carbocycles. The SMILES string of the molecule is COc1cc(Nc2nc(N[C@@H](c3ccccc3)[C@H](N)c3ccccc3)c(F)cc2C(N)=O)ccn1. The van der Waals surface area contributed by atoms with Gasteiger partial charge in [0.15, 0.2) is 11.6 Å². The third-order valence-corrected chi connectivity index (χ3v) is 5.44. The van der Waals surface area contributed by atoms with Gasteiger partial charge in [-0.1, -0.05) is 60.7 Å². The van der Waals surface area contributed by atoms with E-state index in [4.69, 9.17) is 16.2 Å². The minimum Gasteiger partial charge on any atom is -0.481 e. The Bertz CT molecular complexity index is 1300. The third-order valence-electron chi connectivity index (χ3n) is 5.44. The minimum absolute atomic E-state index is 0.0785. The number of nitrogens with zero attached hydrogens (tertiary/aromatic N) is 2. The standard InChI is InChI=1S/C26H25FN6O2/c1-35-21-14-18(12-13-30-21)31-25-19(24(29)34)15-20(27)26(33-25)32-23(17-10-6-3-7-11-17)22(28)16-8-4-2-5-9-16/h2-15,22-23H,28H2,1H3,(H2,29,34)(H2,30,31,32,33)/t22-,23+/m1/s1. The van der Waals surface area contributed by atoms with Gasteiger partial charge in [-0.2, -0.15) is 0 Å². The Kier molecular flexibility index (Phi) is 7.18. The van der Waals surface area contributed by atoms with Gasteiger partial charge in [0.2, 0.25) is 5.88 Å². The van der Waals surface area contributed by atoms with Gasteiger partial charge in [-0.25, -0.2) is 14.4 Å². The van der Waals surface area contributed by atoms with Crippen molar-refractivity contribution >= 4 is 23.2 Å². The molecule has 1 amide bonds. The normalized spacial score (nSPS) is 12.4. The van der Waals surface area contributed by atoms with Crippen molar-refractivity contribution in [3.63, 3.8) is 0 Å². The summed E-state index contributed by atoms with van der Waals surface area (Å²) in [6.07, 6.45) is 1.53. The van der Waals surface area contributed by atoms with Gasteiger partial charge in [0.25, 0.3) is 5.91 Å². The maximum absolute atomic E-state index is 15.2. The molecule has 9 heteroatoms. The summed E-state index contributed by atoms with van der Waals surface area (Å²) >= 11 is 0. The average Bonchev–Trinajstić information content (AvgIpc) is 2.89. The molecule has 0 bridgehead atoms. The first-order chi connectivity index (χ1) is 17.0. The fourth-order valence-corrected chi connectivity index (χ4v) is 3.66. The van der Waals surface area contributed by atoms with E-state index in [0.717, 1.165) is 17.2 Å². The van der Waals surface area contributed by atoms with Crippen molar-refractivity contribution in [3.8, 4) is 5.88 Å². The number of anilines is 3. The summed E-state index contributed by atoms with van der Waals surface area (Å²) in [4.78, 5) is 20.5. The van der Waals surface area contributed by atoms with Crippen LogP contribution in [0.25, 0.3) is 0 Å². The second-order valence-corrected chi connectivity index (χ2v) is 7.76. The molecule has 35 heavy (non-hydrogen) atoms. The second-order valence-electron chi connectivity index (χ2n) is 7.76. The van der Waals surface area contributed by atoms with Gasteiger partial charge in [-0.3, -0.25) is 4.79 Å². The highest BCUT2D eigenvalue weighted by Crippen LogP contribution is 2.32. The maximum Gasteiger partial charge on any atom is 0.252 e. The Morgan fingerprint density at radius 2 is 1.63 bits per heavy atom. The number of primary amides is 1. The number of rotatable bonds is 9. The Morgan fingerprint density at radius 1 is 0.971 bits per heavy atom. The first kappa shape index (κ1) is 23.7. The van der Waals surface area contributed by atoms with Gasteiger partial charge < -0.3 is 26.8 Å². The molecule has 2 atom stereocenters. The Labute approximate surface area is 202 Å². The summed E-state index contributed by atoms with van der Waals surface area (Å²) < 4.78 is 20.3. The zero-order valence-corrected chi connectivity index (χ0v) is 19.0. The quantitative estimate of drug-likeness (QED) is 0.286. The van der Waals surface area contributed by atoms with Crippen molar-refractivity contribution in [3.05, 3.63) is 108 Å². The molecule has 178 valence electrons. The van der Waals surface area contributed by atoms with Crippen LogP contribution in [0.1, 0.15) is 33.6 Å². The van der Waals surface area contributed by atoms with E-state index in [0.29, 0.717) is 11.6 Å². The molecule has 8 nitrogen and oxygen atoms in total. The van der Waals surface area contributed by atoms with E-state index in [9.17, 15) is 4.79 Å². The van der Waals surface area contributed by atoms with Crippen LogP contribution in [0.3, 0.4) is 0 Å². The molecule has 0 aliphatic carbocycles. The number of aromatic nitrogens is 2. The number of amides is 1. The monoisotopic (exact) mass is 472 g/mol. The number of pyridine rings is 2. The van der Waals surface area contributed by atoms with Gasteiger partial charge in [0.05, 0.1) is 24.8 Å². The van der Waals surface area contributed by atoms with E-state index in [2.05, 4.69) is 20.6 Å². The van der Waals surface area contributed by atoms with Gasteiger partial charge in [-0.05, 0) is 23.3 Å². The Balaban J connectivity index is 1.73. The van der Waals surface area contributed by atoms with Crippen LogP contribution in [-0.2, 0) is 0 Å². The first-order valence-electron chi connectivity index (χ1n) is 10.9. The molecule has 2 heterocycles. The lowest BCUT2D eigenvalue weighted by molar-refractivity contribution is 0.100. The smallest absolute Gasteiger partial charge is 0.252 e. The number of hydrogen-bond donors (Lipinski definition) is 4. The van der Waals surface area contributed by atoms with Gasteiger partial charge >= 0.3 is 0 Å². The van der Waals surface area contributed by atoms with E-state index in [1.807, 2.05) is 60.7 Å². The number of nitrogens with one attached hydrogen (secondary N) is 2. The summed E-state index contributed by atoms with van der Waals surface area (Å²) in [6, 6.07) is 22.2. The summed E-state index contributed by atoms with van der Waals surface area (Å²) in [5.41, 5.74) is 14.3. The van der Waals surface area contributed by atoms with Gasteiger partial charge in [0, 0.05) is 18.0 Å². The molecule has 0 spiro atoms. The zero-order chi connectivity index (χ0) is 24.8. The molecule has 4 aromatic rings. The summed E-state index contributed by atoms with van der Waals surface area (Å²) in [7, 11) is 1.48. The Morgan fingerprint density at radius 3 is 2.26 bits per heavy atom. The molecule has 0 aliphatic rings. The molecule has 0 radical (unpaired) electrons. The maximum atomic E-state index is 15.2. The van der Waals surface area contributed by atoms with E-state index in [1.54, 1.807) is 12.1 Å².